The Morgan fingerprint density at radius 3 is 2.10 bits per heavy atom. The highest BCUT2D eigenvalue weighted by atomic mass is 16.5. The van der Waals surface area contributed by atoms with Gasteiger partial charge < -0.3 is 9.84 Å². The highest BCUT2D eigenvalue weighted by molar-refractivity contribution is 5.80. The maximum absolute atomic E-state index is 12.1. The maximum Gasteiger partial charge on any atom is 0.338 e. The van der Waals surface area contributed by atoms with Crippen LogP contribution in [-0.4, -0.2) is 23.3 Å². The van der Waals surface area contributed by atoms with Crippen molar-refractivity contribution >= 4 is 5.97 Å². The van der Waals surface area contributed by atoms with Crippen LogP contribution in [0.2, 0.25) is 0 Å². The molecule has 0 fully saturated rings. The molecule has 0 aliphatic rings. The molecule has 1 aromatic rings. The number of benzene rings is 1. The molecular weight excluding hydrogens is 264 g/mol. The lowest BCUT2D eigenvalue weighted by Gasteiger charge is -2.31. The second kappa shape index (κ2) is 6.61. The minimum atomic E-state index is -1.47. The van der Waals surface area contributed by atoms with Crippen molar-refractivity contribution in [3.63, 3.8) is 0 Å². The van der Waals surface area contributed by atoms with Crippen LogP contribution in [0.15, 0.2) is 24.3 Å². The van der Waals surface area contributed by atoms with Crippen molar-refractivity contribution in [3.05, 3.63) is 35.4 Å². The van der Waals surface area contributed by atoms with Gasteiger partial charge >= 0.3 is 5.97 Å². The van der Waals surface area contributed by atoms with Gasteiger partial charge in [-0.2, -0.15) is 0 Å². The first kappa shape index (κ1) is 17.7. The molecule has 0 amide bonds. The summed E-state index contributed by atoms with van der Waals surface area (Å²) in [6.07, 6.45) is 0.327. The maximum atomic E-state index is 12.1. The van der Waals surface area contributed by atoms with Gasteiger partial charge in [0, 0.05) is 5.92 Å². The van der Waals surface area contributed by atoms with Crippen LogP contribution in [0.5, 0.6) is 0 Å². The largest absolute Gasteiger partial charge is 0.464 e. The van der Waals surface area contributed by atoms with Gasteiger partial charge in [0.15, 0.2) is 5.60 Å². The van der Waals surface area contributed by atoms with E-state index in [0.29, 0.717) is 6.42 Å². The topological polar surface area (TPSA) is 46.5 Å². The average molecular weight is 292 g/mol. The Bertz CT molecular complexity index is 470. The third-order valence-electron chi connectivity index (χ3n) is 4.16. The van der Waals surface area contributed by atoms with E-state index in [-0.39, 0.29) is 17.9 Å². The van der Waals surface area contributed by atoms with Gasteiger partial charge in [-0.15, -0.1) is 0 Å². The summed E-state index contributed by atoms with van der Waals surface area (Å²) in [6.45, 7) is 12.2. The number of ether oxygens (including phenoxy) is 1. The number of carbonyl (C=O) groups is 1. The zero-order chi connectivity index (χ0) is 16.3. The van der Waals surface area contributed by atoms with Crippen LogP contribution in [-0.2, 0) is 14.9 Å². The molecule has 0 aliphatic carbocycles. The van der Waals surface area contributed by atoms with Crippen molar-refractivity contribution in [1.82, 2.24) is 0 Å². The molecule has 3 heteroatoms. The number of esters is 1. The average Bonchev–Trinajstić information content (AvgIpc) is 2.45. The van der Waals surface area contributed by atoms with Gasteiger partial charge in [0.1, 0.15) is 0 Å². The fraction of sp³-hybridized carbons (Fsp3) is 0.611. The SMILES string of the molecule is CCOC(=O)C(O)(CC)C(C)c1ccc(C(C)(C)C)cc1. The molecule has 2 atom stereocenters. The van der Waals surface area contributed by atoms with Crippen molar-refractivity contribution in [1.29, 1.82) is 0 Å². The summed E-state index contributed by atoms with van der Waals surface area (Å²) in [7, 11) is 0. The lowest BCUT2D eigenvalue weighted by Crippen LogP contribution is -2.44. The van der Waals surface area contributed by atoms with E-state index in [2.05, 4.69) is 32.9 Å². The molecule has 0 spiro atoms. The van der Waals surface area contributed by atoms with Crippen LogP contribution in [0.25, 0.3) is 0 Å². The number of carbonyl (C=O) groups excluding carboxylic acids is 1. The zero-order valence-electron chi connectivity index (χ0n) is 14.1. The predicted molar refractivity (Wildman–Crippen MR) is 85.4 cm³/mol. The first-order valence-corrected chi connectivity index (χ1v) is 7.66. The molecule has 1 rings (SSSR count). The molecule has 0 saturated carbocycles. The van der Waals surface area contributed by atoms with Crippen LogP contribution >= 0.6 is 0 Å². The molecular formula is C18H28O3. The van der Waals surface area contributed by atoms with Crippen LogP contribution in [0.3, 0.4) is 0 Å². The molecule has 1 aromatic carbocycles. The standard InChI is InChI=1S/C18H28O3/c1-7-18(20,16(19)21-8-2)13(3)14-9-11-15(12-10-14)17(4,5)6/h9-13,20H,7-8H2,1-6H3. The van der Waals surface area contributed by atoms with Crippen molar-refractivity contribution in [3.8, 4) is 0 Å². The molecule has 0 saturated heterocycles. The fourth-order valence-electron chi connectivity index (χ4n) is 2.43. The normalized spacial score (nSPS) is 16.1. The summed E-state index contributed by atoms with van der Waals surface area (Å²) in [5.74, 6) is -0.851. The van der Waals surface area contributed by atoms with E-state index in [1.807, 2.05) is 19.1 Å². The summed E-state index contributed by atoms with van der Waals surface area (Å²) in [5, 5.41) is 10.7. The molecule has 3 nitrogen and oxygen atoms in total. The predicted octanol–water partition coefficient (Wildman–Crippen LogP) is 3.79. The van der Waals surface area contributed by atoms with Crippen LogP contribution < -0.4 is 0 Å². The molecule has 2 unspecified atom stereocenters. The Morgan fingerprint density at radius 2 is 1.71 bits per heavy atom. The van der Waals surface area contributed by atoms with E-state index < -0.39 is 11.6 Å². The minimum Gasteiger partial charge on any atom is -0.464 e. The quantitative estimate of drug-likeness (QED) is 0.840. The van der Waals surface area contributed by atoms with E-state index >= 15 is 0 Å². The third-order valence-corrected chi connectivity index (χ3v) is 4.16. The molecule has 21 heavy (non-hydrogen) atoms. The van der Waals surface area contributed by atoms with Gasteiger partial charge in [-0.3, -0.25) is 0 Å². The number of aliphatic hydroxyl groups is 1. The number of hydrogen-bond acceptors (Lipinski definition) is 3. The first-order valence-electron chi connectivity index (χ1n) is 7.66. The molecule has 0 aromatic heterocycles. The molecule has 118 valence electrons. The van der Waals surface area contributed by atoms with E-state index in [0.717, 1.165) is 5.56 Å². The third kappa shape index (κ3) is 3.85. The van der Waals surface area contributed by atoms with Gasteiger partial charge in [-0.1, -0.05) is 58.9 Å². The molecule has 1 N–H and O–H groups in total. The summed E-state index contributed by atoms with van der Waals surface area (Å²) >= 11 is 0. The lowest BCUT2D eigenvalue weighted by atomic mass is 9.80. The van der Waals surface area contributed by atoms with Gasteiger partial charge in [0.2, 0.25) is 0 Å². The van der Waals surface area contributed by atoms with Gasteiger partial charge in [-0.25, -0.2) is 4.79 Å². The van der Waals surface area contributed by atoms with Gasteiger partial charge in [0.25, 0.3) is 0 Å². The minimum absolute atomic E-state index is 0.0873. The molecule has 0 bridgehead atoms. The van der Waals surface area contributed by atoms with Crippen LogP contribution in [0.4, 0.5) is 0 Å². The van der Waals surface area contributed by atoms with Crippen molar-refractivity contribution in [2.24, 2.45) is 0 Å². The van der Waals surface area contributed by atoms with Crippen molar-refractivity contribution < 1.29 is 14.6 Å². The monoisotopic (exact) mass is 292 g/mol. The highest BCUT2D eigenvalue weighted by Gasteiger charge is 2.42. The Labute approximate surface area is 128 Å². The van der Waals surface area contributed by atoms with Crippen molar-refractivity contribution in [2.75, 3.05) is 6.61 Å². The van der Waals surface area contributed by atoms with E-state index in [1.165, 1.54) is 5.56 Å². The Hall–Kier alpha value is -1.35. The number of hydrogen-bond donors (Lipinski definition) is 1. The second-order valence-corrected chi connectivity index (χ2v) is 6.59. The summed E-state index contributed by atoms with van der Waals surface area (Å²) < 4.78 is 5.03. The smallest absolute Gasteiger partial charge is 0.338 e. The van der Waals surface area contributed by atoms with E-state index in [9.17, 15) is 9.90 Å². The Balaban J connectivity index is 3.05. The van der Waals surface area contributed by atoms with Gasteiger partial charge in [-0.05, 0) is 29.9 Å². The highest BCUT2D eigenvalue weighted by Crippen LogP contribution is 2.33. The molecule has 0 aliphatic heterocycles. The van der Waals surface area contributed by atoms with Gasteiger partial charge in [0.05, 0.1) is 6.61 Å². The van der Waals surface area contributed by atoms with Crippen molar-refractivity contribution in [2.45, 2.75) is 64.9 Å². The van der Waals surface area contributed by atoms with Crippen LogP contribution in [0.1, 0.15) is 65.0 Å². The summed E-state index contributed by atoms with van der Waals surface area (Å²) in [4.78, 5) is 12.1. The van der Waals surface area contributed by atoms with Crippen LogP contribution in [0, 0.1) is 0 Å². The molecule has 0 radical (unpaired) electrons. The summed E-state index contributed by atoms with van der Waals surface area (Å²) in [5.41, 5.74) is 0.790. The fourth-order valence-corrected chi connectivity index (χ4v) is 2.43. The van der Waals surface area contributed by atoms with E-state index in [4.69, 9.17) is 4.74 Å². The van der Waals surface area contributed by atoms with E-state index in [1.54, 1.807) is 13.8 Å². The second-order valence-electron chi connectivity index (χ2n) is 6.59. The summed E-state index contributed by atoms with van der Waals surface area (Å²) in [6, 6.07) is 8.11. The number of rotatable bonds is 5. The lowest BCUT2D eigenvalue weighted by molar-refractivity contribution is -0.167. The Morgan fingerprint density at radius 1 is 1.19 bits per heavy atom. The molecule has 0 heterocycles. The first-order chi connectivity index (χ1) is 9.66. The Kier molecular flexibility index (Phi) is 5.57. The zero-order valence-corrected chi connectivity index (χ0v) is 14.1.